The molecule has 10 N–H and O–H groups in total. The van der Waals surface area contributed by atoms with Gasteiger partial charge in [-0.3, -0.25) is 19.2 Å². The van der Waals surface area contributed by atoms with Crippen molar-refractivity contribution >= 4 is 29.6 Å². The molecule has 0 spiro atoms. The number of nitrogens with two attached hydrogens (primary N) is 1. The number of hydrogen-bond donors (Lipinski definition) is 9. The molecule has 0 rings (SSSR count). The summed E-state index contributed by atoms with van der Waals surface area (Å²) in [6.07, 6.45) is -1.42. The van der Waals surface area contributed by atoms with Crippen LogP contribution in [0.1, 0.15) is 6.92 Å². The SMILES string of the molecule is C[C@@H](O)[C@H](NC(=O)[C@H](CO)NC(=O)CN)C(=O)NCC(=O)N[C@@H](CO)C(=O)O. The maximum absolute atomic E-state index is 12.1. The van der Waals surface area contributed by atoms with Crippen molar-refractivity contribution in [3.05, 3.63) is 0 Å². The lowest BCUT2D eigenvalue weighted by Gasteiger charge is -2.23. The fourth-order valence-corrected chi connectivity index (χ4v) is 1.81. The molecule has 0 aromatic rings. The van der Waals surface area contributed by atoms with Gasteiger partial charge in [-0.2, -0.15) is 0 Å². The second kappa shape index (κ2) is 12.6. The summed E-state index contributed by atoms with van der Waals surface area (Å²) in [5, 5.41) is 44.6. The van der Waals surface area contributed by atoms with Crippen molar-refractivity contribution < 1.29 is 44.4 Å². The van der Waals surface area contributed by atoms with Crippen molar-refractivity contribution in [2.75, 3.05) is 26.3 Å². The average molecular weight is 407 g/mol. The van der Waals surface area contributed by atoms with Crippen LogP contribution in [-0.4, -0.2) is 101 Å². The molecule has 0 heterocycles. The summed E-state index contributed by atoms with van der Waals surface area (Å²) in [5.41, 5.74) is 5.08. The molecule has 0 aliphatic carbocycles. The van der Waals surface area contributed by atoms with E-state index in [0.717, 1.165) is 0 Å². The molecule has 0 fully saturated rings. The number of aliphatic hydroxyl groups excluding tert-OH is 3. The zero-order valence-corrected chi connectivity index (χ0v) is 15.0. The van der Waals surface area contributed by atoms with Gasteiger partial charge in [-0.25, -0.2) is 4.79 Å². The highest BCUT2D eigenvalue weighted by Crippen LogP contribution is 1.96. The number of aliphatic hydroxyl groups is 3. The molecule has 0 aromatic carbocycles. The first-order valence-corrected chi connectivity index (χ1v) is 8.06. The minimum Gasteiger partial charge on any atom is -0.480 e. The zero-order valence-electron chi connectivity index (χ0n) is 15.0. The van der Waals surface area contributed by atoms with Crippen LogP contribution in [0.25, 0.3) is 0 Å². The summed E-state index contributed by atoms with van der Waals surface area (Å²) in [5.74, 6) is -5.13. The Bertz CT molecular complexity index is 584. The van der Waals surface area contributed by atoms with E-state index in [1.807, 2.05) is 5.32 Å². The van der Waals surface area contributed by atoms with Gasteiger partial charge in [0.15, 0.2) is 0 Å². The highest BCUT2D eigenvalue weighted by atomic mass is 16.4. The smallest absolute Gasteiger partial charge is 0.328 e. The zero-order chi connectivity index (χ0) is 21.9. The molecule has 14 nitrogen and oxygen atoms in total. The van der Waals surface area contributed by atoms with Gasteiger partial charge in [-0.15, -0.1) is 0 Å². The number of rotatable bonds is 12. The van der Waals surface area contributed by atoms with Crippen LogP contribution in [0.2, 0.25) is 0 Å². The predicted molar refractivity (Wildman–Crippen MR) is 91.3 cm³/mol. The molecule has 0 unspecified atom stereocenters. The van der Waals surface area contributed by atoms with Crippen molar-refractivity contribution in [2.45, 2.75) is 31.2 Å². The molecule has 14 heteroatoms. The summed E-state index contributed by atoms with van der Waals surface area (Å²) >= 11 is 0. The third-order valence-electron chi connectivity index (χ3n) is 3.32. The van der Waals surface area contributed by atoms with E-state index in [-0.39, 0.29) is 0 Å². The largest absolute Gasteiger partial charge is 0.480 e. The molecule has 0 aliphatic rings. The highest BCUT2D eigenvalue weighted by molar-refractivity contribution is 5.94. The third-order valence-corrected chi connectivity index (χ3v) is 3.32. The number of carbonyl (C=O) groups is 5. The number of amides is 4. The summed E-state index contributed by atoms with van der Waals surface area (Å²) in [4.78, 5) is 57.7. The number of hydrogen-bond acceptors (Lipinski definition) is 9. The fourth-order valence-electron chi connectivity index (χ4n) is 1.81. The van der Waals surface area contributed by atoms with Crippen molar-refractivity contribution in [1.82, 2.24) is 21.3 Å². The van der Waals surface area contributed by atoms with Crippen molar-refractivity contribution in [1.29, 1.82) is 0 Å². The van der Waals surface area contributed by atoms with Gasteiger partial charge < -0.3 is 47.4 Å². The molecule has 0 aromatic heterocycles. The van der Waals surface area contributed by atoms with Crippen LogP contribution in [0.15, 0.2) is 0 Å². The molecular weight excluding hydrogens is 382 g/mol. The molecule has 4 atom stereocenters. The molecule has 0 saturated carbocycles. The van der Waals surface area contributed by atoms with Crippen LogP contribution in [-0.2, 0) is 24.0 Å². The number of carbonyl (C=O) groups excluding carboxylic acids is 4. The van der Waals surface area contributed by atoms with Crippen LogP contribution < -0.4 is 27.0 Å². The Morgan fingerprint density at radius 1 is 0.893 bits per heavy atom. The van der Waals surface area contributed by atoms with Gasteiger partial charge in [0.25, 0.3) is 0 Å². The van der Waals surface area contributed by atoms with Crippen LogP contribution in [0.4, 0.5) is 0 Å². The third kappa shape index (κ3) is 8.72. The monoisotopic (exact) mass is 407 g/mol. The van der Waals surface area contributed by atoms with Gasteiger partial charge in [-0.1, -0.05) is 0 Å². The van der Waals surface area contributed by atoms with E-state index in [1.54, 1.807) is 0 Å². The minimum absolute atomic E-state index is 0.440. The normalized spacial score (nSPS) is 14.8. The molecule has 0 saturated heterocycles. The van der Waals surface area contributed by atoms with Gasteiger partial charge in [0.1, 0.15) is 18.1 Å². The Balaban J connectivity index is 4.83. The predicted octanol–water partition coefficient (Wildman–Crippen LogP) is -6.03. The topological polar surface area (TPSA) is 240 Å². The first-order valence-electron chi connectivity index (χ1n) is 8.06. The number of carboxylic acids is 1. The standard InChI is InChI=1S/C14H25N5O9/c1-6(22)11(19-12(25)7(4-20)17-9(23)2-15)13(26)16-3-10(24)18-8(5-21)14(27)28/h6-8,11,20-22H,2-5,15H2,1H3,(H,16,26)(H,17,23)(H,18,24)(H,19,25)(H,27,28)/t6-,7+,8+,11+/m1/s1. The number of nitrogens with one attached hydrogen (secondary N) is 4. The molecule has 28 heavy (non-hydrogen) atoms. The second-order valence-electron chi connectivity index (χ2n) is 5.59. The van der Waals surface area contributed by atoms with Gasteiger partial charge in [0.05, 0.1) is 32.4 Å². The van der Waals surface area contributed by atoms with Gasteiger partial charge in [0.2, 0.25) is 23.6 Å². The van der Waals surface area contributed by atoms with E-state index >= 15 is 0 Å². The van der Waals surface area contributed by atoms with Crippen molar-refractivity contribution in [3.8, 4) is 0 Å². The summed E-state index contributed by atoms with van der Waals surface area (Å²) in [6, 6.07) is -4.53. The average Bonchev–Trinajstić information content (AvgIpc) is 2.65. The number of carboxylic acid groups (broad SMARTS) is 1. The van der Waals surface area contributed by atoms with Gasteiger partial charge in [0, 0.05) is 0 Å². The molecule has 160 valence electrons. The second-order valence-corrected chi connectivity index (χ2v) is 5.59. The van der Waals surface area contributed by atoms with E-state index in [1.165, 1.54) is 6.92 Å². The minimum atomic E-state index is -1.56. The summed E-state index contributed by atoms with van der Waals surface area (Å²) in [6.45, 7) is -1.63. The van der Waals surface area contributed by atoms with Crippen LogP contribution >= 0.6 is 0 Å². The molecule has 4 amide bonds. The lowest BCUT2D eigenvalue weighted by molar-refractivity contribution is -0.143. The van der Waals surface area contributed by atoms with Crippen molar-refractivity contribution in [3.63, 3.8) is 0 Å². The van der Waals surface area contributed by atoms with E-state index < -0.39 is 80.1 Å². The van der Waals surface area contributed by atoms with Crippen LogP contribution in [0.3, 0.4) is 0 Å². The maximum Gasteiger partial charge on any atom is 0.328 e. The van der Waals surface area contributed by atoms with E-state index in [9.17, 15) is 29.1 Å². The Labute approximate surface area is 159 Å². The summed E-state index contributed by atoms with van der Waals surface area (Å²) in [7, 11) is 0. The van der Waals surface area contributed by atoms with Crippen LogP contribution in [0, 0.1) is 0 Å². The molecular formula is C14H25N5O9. The highest BCUT2D eigenvalue weighted by Gasteiger charge is 2.29. The van der Waals surface area contributed by atoms with Gasteiger partial charge in [-0.05, 0) is 6.92 Å². The van der Waals surface area contributed by atoms with Crippen LogP contribution in [0.5, 0.6) is 0 Å². The Hall–Kier alpha value is -2.81. The first-order chi connectivity index (χ1) is 13.1. The van der Waals surface area contributed by atoms with E-state index in [0.29, 0.717) is 0 Å². The lowest BCUT2D eigenvalue weighted by atomic mass is 10.1. The van der Waals surface area contributed by atoms with E-state index in [4.69, 9.17) is 21.1 Å². The van der Waals surface area contributed by atoms with Crippen molar-refractivity contribution in [2.24, 2.45) is 5.73 Å². The maximum atomic E-state index is 12.1. The fraction of sp³-hybridized carbons (Fsp3) is 0.643. The quantitative estimate of drug-likeness (QED) is 0.148. The Morgan fingerprint density at radius 2 is 1.43 bits per heavy atom. The molecule has 0 radical (unpaired) electrons. The first kappa shape index (κ1) is 25.2. The Morgan fingerprint density at radius 3 is 1.86 bits per heavy atom. The Kier molecular flexibility index (Phi) is 11.3. The molecule has 0 bridgehead atoms. The lowest BCUT2D eigenvalue weighted by Crippen LogP contribution is -2.59. The molecule has 0 aliphatic heterocycles. The van der Waals surface area contributed by atoms with Gasteiger partial charge >= 0.3 is 5.97 Å². The van der Waals surface area contributed by atoms with E-state index in [2.05, 4.69) is 16.0 Å². The summed E-state index contributed by atoms with van der Waals surface area (Å²) < 4.78 is 0. The number of aliphatic carboxylic acids is 1.